The first-order valence-corrected chi connectivity index (χ1v) is 9.89. The molecule has 10 heteroatoms. The number of hydrogen-bond acceptors (Lipinski definition) is 8. The molecule has 0 fully saturated rings. The van der Waals surface area contributed by atoms with Gasteiger partial charge >= 0.3 is 0 Å². The molecule has 0 bridgehead atoms. The molecule has 0 spiro atoms. The van der Waals surface area contributed by atoms with Crippen molar-refractivity contribution in [3.05, 3.63) is 45.9 Å². The molecule has 0 saturated carbocycles. The number of tetrazole rings is 1. The number of aromatic nitrogens is 4. The van der Waals surface area contributed by atoms with E-state index in [1.54, 1.807) is 16.4 Å². The quantitative estimate of drug-likeness (QED) is 0.550. The van der Waals surface area contributed by atoms with Crippen LogP contribution in [0.1, 0.15) is 11.1 Å². The van der Waals surface area contributed by atoms with Crippen LogP contribution in [0.25, 0.3) is 0 Å². The molecule has 0 N–H and O–H groups in total. The second kappa shape index (κ2) is 6.93. The molecule has 27 heavy (non-hydrogen) atoms. The van der Waals surface area contributed by atoms with E-state index in [4.69, 9.17) is 18.9 Å². The molecule has 2 aliphatic rings. The molecule has 0 unspecified atom stereocenters. The van der Waals surface area contributed by atoms with Crippen LogP contribution in [0.3, 0.4) is 0 Å². The van der Waals surface area contributed by atoms with Gasteiger partial charge in [-0.05, 0) is 45.8 Å². The van der Waals surface area contributed by atoms with Gasteiger partial charge in [-0.2, -0.15) is 0 Å². The highest BCUT2D eigenvalue weighted by Crippen LogP contribution is 2.39. The maximum absolute atomic E-state index is 5.45. The van der Waals surface area contributed by atoms with E-state index in [0.717, 1.165) is 43.8 Å². The largest absolute Gasteiger partial charge is 0.454 e. The highest BCUT2D eigenvalue weighted by molar-refractivity contribution is 9.10. The molecule has 2 aromatic carbocycles. The Bertz CT molecular complexity index is 1010. The summed E-state index contributed by atoms with van der Waals surface area (Å²) < 4.78 is 24.3. The Hall–Kier alpha value is -2.46. The van der Waals surface area contributed by atoms with Gasteiger partial charge in [-0.15, -0.1) is 5.10 Å². The predicted octanol–water partition coefficient (Wildman–Crippen LogP) is 3.23. The van der Waals surface area contributed by atoms with E-state index in [2.05, 4.69) is 31.5 Å². The molecule has 5 rings (SSSR count). The number of thioether (sulfide) groups is 1. The molecule has 3 aromatic rings. The molecular formula is C17H13BrN4O4S. The van der Waals surface area contributed by atoms with Crippen molar-refractivity contribution in [2.75, 3.05) is 13.6 Å². The summed E-state index contributed by atoms with van der Waals surface area (Å²) in [7, 11) is 0. The summed E-state index contributed by atoms with van der Waals surface area (Å²) in [6, 6.07) is 9.74. The van der Waals surface area contributed by atoms with E-state index >= 15 is 0 Å². The maximum atomic E-state index is 5.45. The topological polar surface area (TPSA) is 80.5 Å². The van der Waals surface area contributed by atoms with Crippen molar-refractivity contribution >= 4 is 27.7 Å². The zero-order chi connectivity index (χ0) is 18.2. The summed E-state index contributed by atoms with van der Waals surface area (Å²) in [6.45, 7) is 1.07. The number of nitrogens with zero attached hydrogens (tertiary/aromatic N) is 4. The van der Waals surface area contributed by atoms with Gasteiger partial charge in [0.15, 0.2) is 23.0 Å². The second-order valence-corrected chi connectivity index (χ2v) is 7.69. The fourth-order valence-corrected chi connectivity index (χ4v) is 4.34. The first-order valence-electron chi connectivity index (χ1n) is 8.12. The molecule has 138 valence electrons. The first kappa shape index (κ1) is 16.7. The van der Waals surface area contributed by atoms with Crippen LogP contribution in [0, 0.1) is 0 Å². The van der Waals surface area contributed by atoms with Gasteiger partial charge in [-0.1, -0.05) is 33.8 Å². The Morgan fingerprint density at radius 2 is 1.70 bits per heavy atom. The predicted molar refractivity (Wildman–Crippen MR) is 99.3 cm³/mol. The van der Waals surface area contributed by atoms with Crippen molar-refractivity contribution in [2.24, 2.45) is 0 Å². The Labute approximate surface area is 166 Å². The zero-order valence-corrected chi connectivity index (χ0v) is 16.3. The van der Waals surface area contributed by atoms with E-state index in [1.807, 2.05) is 30.3 Å². The molecule has 3 heterocycles. The molecule has 8 nitrogen and oxygen atoms in total. The SMILES string of the molecule is Brc1cc2c(cc1CSc1nnnn1Cc1ccc3c(c1)OCO3)OCO2. The number of fused-ring (bicyclic) bond motifs is 2. The van der Waals surface area contributed by atoms with E-state index in [1.165, 1.54) is 0 Å². The molecular weight excluding hydrogens is 436 g/mol. The van der Waals surface area contributed by atoms with Crippen molar-refractivity contribution in [2.45, 2.75) is 17.5 Å². The number of hydrogen-bond donors (Lipinski definition) is 0. The average molecular weight is 449 g/mol. The lowest BCUT2D eigenvalue weighted by Gasteiger charge is -2.07. The molecule has 0 atom stereocenters. The third-order valence-electron chi connectivity index (χ3n) is 4.17. The van der Waals surface area contributed by atoms with Gasteiger partial charge in [-0.25, -0.2) is 4.68 Å². The summed E-state index contributed by atoms with van der Waals surface area (Å²) in [5.74, 6) is 3.72. The van der Waals surface area contributed by atoms with Gasteiger partial charge < -0.3 is 18.9 Å². The van der Waals surface area contributed by atoms with Gasteiger partial charge in [0.25, 0.3) is 0 Å². The zero-order valence-electron chi connectivity index (χ0n) is 13.9. The van der Waals surface area contributed by atoms with Crippen LogP contribution in [0.4, 0.5) is 0 Å². The molecule has 2 aliphatic heterocycles. The Morgan fingerprint density at radius 1 is 0.963 bits per heavy atom. The van der Waals surface area contributed by atoms with Gasteiger partial charge in [0.05, 0.1) is 6.54 Å². The van der Waals surface area contributed by atoms with Crippen LogP contribution >= 0.6 is 27.7 Å². The molecule has 0 aliphatic carbocycles. The monoisotopic (exact) mass is 448 g/mol. The van der Waals surface area contributed by atoms with Crippen molar-refractivity contribution in [1.29, 1.82) is 0 Å². The van der Waals surface area contributed by atoms with Crippen LogP contribution in [-0.4, -0.2) is 33.8 Å². The minimum absolute atomic E-state index is 0.256. The third kappa shape index (κ3) is 3.30. The maximum Gasteiger partial charge on any atom is 0.231 e. The van der Waals surface area contributed by atoms with Crippen molar-refractivity contribution < 1.29 is 18.9 Å². The highest BCUT2D eigenvalue weighted by atomic mass is 79.9. The fraction of sp³-hybridized carbons (Fsp3) is 0.235. The molecule has 0 radical (unpaired) electrons. The molecule has 1 aromatic heterocycles. The number of ether oxygens (including phenoxy) is 4. The molecule has 0 amide bonds. The summed E-state index contributed by atoms with van der Waals surface area (Å²) in [5.41, 5.74) is 2.12. The summed E-state index contributed by atoms with van der Waals surface area (Å²) in [5, 5.41) is 12.8. The van der Waals surface area contributed by atoms with Crippen LogP contribution in [-0.2, 0) is 12.3 Å². The number of benzene rings is 2. The Balaban J connectivity index is 1.31. The first-order chi connectivity index (χ1) is 13.3. The Morgan fingerprint density at radius 3 is 2.56 bits per heavy atom. The van der Waals surface area contributed by atoms with Gasteiger partial charge in [0.2, 0.25) is 18.7 Å². The smallest absolute Gasteiger partial charge is 0.231 e. The number of rotatable bonds is 5. The van der Waals surface area contributed by atoms with E-state index in [-0.39, 0.29) is 13.6 Å². The average Bonchev–Trinajstić information content (AvgIpc) is 3.40. The van der Waals surface area contributed by atoms with Crippen molar-refractivity contribution in [3.8, 4) is 23.0 Å². The van der Waals surface area contributed by atoms with Crippen molar-refractivity contribution in [3.63, 3.8) is 0 Å². The van der Waals surface area contributed by atoms with Gasteiger partial charge in [0, 0.05) is 10.2 Å². The second-order valence-electron chi connectivity index (χ2n) is 5.89. The summed E-state index contributed by atoms with van der Waals surface area (Å²) in [4.78, 5) is 0. The van der Waals surface area contributed by atoms with Crippen LogP contribution in [0.15, 0.2) is 40.0 Å². The standard InChI is InChI=1S/C17H13BrN4O4S/c18-12-5-16-15(25-9-26-16)4-11(12)7-27-17-19-20-21-22(17)6-10-1-2-13-14(3-10)24-8-23-13/h1-5H,6-9H2. The third-order valence-corrected chi connectivity index (χ3v) is 5.91. The van der Waals surface area contributed by atoms with Gasteiger partial charge in [-0.3, -0.25) is 0 Å². The van der Waals surface area contributed by atoms with Crippen LogP contribution < -0.4 is 18.9 Å². The Kier molecular flexibility index (Phi) is 4.29. The molecule has 0 saturated heterocycles. The lowest BCUT2D eigenvalue weighted by molar-refractivity contribution is 0.173. The van der Waals surface area contributed by atoms with Crippen molar-refractivity contribution in [1.82, 2.24) is 20.2 Å². The number of halogens is 1. The van der Waals surface area contributed by atoms with E-state index in [9.17, 15) is 0 Å². The normalized spacial score (nSPS) is 14.0. The van der Waals surface area contributed by atoms with Gasteiger partial charge in [0.1, 0.15) is 0 Å². The lowest BCUT2D eigenvalue weighted by atomic mass is 10.2. The summed E-state index contributed by atoms with van der Waals surface area (Å²) >= 11 is 5.14. The fourth-order valence-electron chi connectivity index (χ4n) is 2.82. The highest BCUT2D eigenvalue weighted by Gasteiger charge is 2.18. The minimum Gasteiger partial charge on any atom is -0.454 e. The lowest BCUT2D eigenvalue weighted by Crippen LogP contribution is -2.04. The van der Waals surface area contributed by atoms with Crippen LogP contribution in [0.5, 0.6) is 23.0 Å². The van der Waals surface area contributed by atoms with Crippen LogP contribution in [0.2, 0.25) is 0 Å². The summed E-state index contributed by atoms with van der Waals surface area (Å²) in [6.07, 6.45) is 0. The van der Waals surface area contributed by atoms with E-state index in [0.29, 0.717) is 12.3 Å². The minimum atomic E-state index is 0.256. The van der Waals surface area contributed by atoms with E-state index < -0.39 is 0 Å².